The number of nitrogens with one attached hydrogen (secondary N) is 1. The Morgan fingerprint density at radius 1 is 0.931 bits per heavy atom. The molecular weight excluding hydrogens is 407 g/mol. The van der Waals surface area contributed by atoms with E-state index in [1.165, 1.54) is 28.6 Å². The Kier molecular flexibility index (Phi) is 6.13. The molecule has 1 saturated heterocycles. The largest absolute Gasteiger partial charge is 0.405 e. The van der Waals surface area contributed by atoms with Crippen LogP contribution in [0.15, 0.2) is 59.5 Å². The van der Waals surface area contributed by atoms with Gasteiger partial charge in [-0.05, 0) is 36.4 Å². The second-order valence-electron chi connectivity index (χ2n) is 6.55. The summed E-state index contributed by atoms with van der Waals surface area (Å²) in [5.74, 6) is -0.914. The maximum absolute atomic E-state index is 12.8. The Balaban J connectivity index is 1.63. The van der Waals surface area contributed by atoms with Gasteiger partial charge in [-0.25, -0.2) is 8.42 Å². The predicted molar refractivity (Wildman–Crippen MR) is 102 cm³/mol. The third kappa shape index (κ3) is 5.27. The number of rotatable bonds is 5. The number of piperazine rings is 1. The fraction of sp³-hybridized carbons (Fsp3) is 0.316. The van der Waals surface area contributed by atoms with E-state index >= 15 is 0 Å². The van der Waals surface area contributed by atoms with Crippen LogP contribution in [0.4, 0.5) is 18.9 Å². The summed E-state index contributed by atoms with van der Waals surface area (Å²) in [7, 11) is -3.75. The molecule has 1 N–H and O–H groups in total. The van der Waals surface area contributed by atoms with Gasteiger partial charge < -0.3 is 10.2 Å². The molecule has 2 aromatic carbocycles. The minimum Gasteiger partial charge on any atom is -0.369 e. The number of sulfonamides is 1. The molecule has 156 valence electrons. The van der Waals surface area contributed by atoms with Crippen LogP contribution >= 0.6 is 0 Å². The van der Waals surface area contributed by atoms with E-state index in [0.29, 0.717) is 26.2 Å². The molecule has 6 nitrogen and oxygen atoms in total. The minimum atomic E-state index is -4.51. The van der Waals surface area contributed by atoms with Crippen molar-refractivity contribution in [3.05, 3.63) is 60.2 Å². The van der Waals surface area contributed by atoms with Gasteiger partial charge in [-0.2, -0.15) is 17.5 Å². The van der Waals surface area contributed by atoms with Crippen LogP contribution in [0.25, 0.3) is 0 Å². The molecule has 0 aromatic heterocycles. The third-order valence-electron chi connectivity index (χ3n) is 4.56. The summed E-state index contributed by atoms with van der Waals surface area (Å²) in [5.41, 5.74) is 0.987. The van der Waals surface area contributed by atoms with Crippen molar-refractivity contribution >= 4 is 21.6 Å². The molecule has 29 heavy (non-hydrogen) atoms. The van der Waals surface area contributed by atoms with Crippen LogP contribution in [0.5, 0.6) is 0 Å². The van der Waals surface area contributed by atoms with Crippen LogP contribution in [-0.2, 0) is 10.0 Å². The van der Waals surface area contributed by atoms with Crippen molar-refractivity contribution in [2.75, 3.05) is 37.6 Å². The summed E-state index contributed by atoms with van der Waals surface area (Å²) >= 11 is 0. The van der Waals surface area contributed by atoms with Crippen LogP contribution in [-0.4, -0.2) is 57.5 Å². The highest BCUT2D eigenvalue weighted by Gasteiger charge is 2.30. The van der Waals surface area contributed by atoms with E-state index < -0.39 is 28.7 Å². The molecule has 0 saturated carbocycles. The number of nitrogens with zero attached hydrogens (tertiary/aromatic N) is 2. The lowest BCUT2D eigenvalue weighted by atomic mass is 10.2. The van der Waals surface area contributed by atoms with Crippen molar-refractivity contribution in [2.24, 2.45) is 0 Å². The van der Waals surface area contributed by atoms with Crippen molar-refractivity contribution in [2.45, 2.75) is 11.1 Å². The molecule has 0 atom stereocenters. The van der Waals surface area contributed by atoms with Gasteiger partial charge in [0, 0.05) is 37.4 Å². The molecule has 1 heterocycles. The lowest BCUT2D eigenvalue weighted by molar-refractivity contribution is -0.123. The van der Waals surface area contributed by atoms with Crippen molar-refractivity contribution < 1.29 is 26.4 Å². The van der Waals surface area contributed by atoms with Gasteiger partial charge in [-0.3, -0.25) is 4.79 Å². The lowest BCUT2D eigenvalue weighted by Crippen LogP contribution is -2.48. The Bertz CT molecular complexity index is 940. The first-order chi connectivity index (χ1) is 13.7. The fourth-order valence-electron chi connectivity index (χ4n) is 3.04. The summed E-state index contributed by atoms with van der Waals surface area (Å²) in [6.45, 7) is 0.260. The van der Waals surface area contributed by atoms with Crippen LogP contribution in [0, 0.1) is 0 Å². The van der Waals surface area contributed by atoms with Crippen molar-refractivity contribution in [1.82, 2.24) is 9.62 Å². The SMILES string of the molecule is O=C(NCC(F)(F)F)c1ccc(S(=O)(=O)N2CCN(c3ccccc3)CC2)cc1. The van der Waals surface area contributed by atoms with Gasteiger partial charge in [0.25, 0.3) is 5.91 Å². The number of alkyl halides is 3. The summed E-state index contributed by atoms with van der Waals surface area (Å²) in [5, 5.41) is 1.75. The average Bonchev–Trinajstić information content (AvgIpc) is 2.72. The van der Waals surface area contributed by atoms with Gasteiger partial charge in [-0.1, -0.05) is 18.2 Å². The van der Waals surface area contributed by atoms with Gasteiger partial charge in [0.1, 0.15) is 6.54 Å². The van der Waals surface area contributed by atoms with Crippen LogP contribution in [0.1, 0.15) is 10.4 Å². The number of carbonyl (C=O) groups is 1. The lowest BCUT2D eigenvalue weighted by Gasteiger charge is -2.35. The first-order valence-electron chi connectivity index (χ1n) is 8.92. The Morgan fingerprint density at radius 3 is 2.07 bits per heavy atom. The van der Waals surface area contributed by atoms with Crippen LogP contribution in [0.3, 0.4) is 0 Å². The summed E-state index contributed by atoms with van der Waals surface area (Å²) in [6.07, 6.45) is -4.51. The molecule has 0 radical (unpaired) electrons. The molecule has 0 unspecified atom stereocenters. The molecule has 3 rings (SSSR count). The predicted octanol–water partition coefficient (Wildman–Crippen LogP) is 2.49. The fourth-order valence-corrected chi connectivity index (χ4v) is 4.46. The Morgan fingerprint density at radius 2 is 1.52 bits per heavy atom. The summed E-state index contributed by atoms with van der Waals surface area (Å²) < 4.78 is 63.6. The zero-order valence-electron chi connectivity index (χ0n) is 15.4. The summed E-state index contributed by atoms with van der Waals surface area (Å²) in [6, 6.07) is 14.6. The Hall–Kier alpha value is -2.59. The molecule has 2 aromatic rings. The molecule has 1 amide bonds. The molecule has 1 fully saturated rings. The first kappa shape index (κ1) is 21.1. The van der Waals surface area contributed by atoms with Crippen molar-refractivity contribution in [1.29, 1.82) is 0 Å². The number of amides is 1. The number of anilines is 1. The third-order valence-corrected chi connectivity index (χ3v) is 6.48. The zero-order chi connectivity index (χ0) is 21.1. The van der Waals surface area contributed by atoms with E-state index in [0.717, 1.165) is 5.69 Å². The number of halogens is 3. The monoisotopic (exact) mass is 427 g/mol. The normalized spacial score (nSPS) is 15.9. The highest BCUT2D eigenvalue weighted by atomic mass is 32.2. The average molecular weight is 427 g/mol. The van der Waals surface area contributed by atoms with Crippen LogP contribution < -0.4 is 10.2 Å². The maximum atomic E-state index is 12.8. The molecule has 0 aliphatic carbocycles. The molecule has 1 aliphatic rings. The number of benzene rings is 2. The van der Waals surface area contributed by atoms with Crippen molar-refractivity contribution in [3.8, 4) is 0 Å². The second-order valence-corrected chi connectivity index (χ2v) is 8.49. The van der Waals surface area contributed by atoms with Gasteiger partial charge in [0.2, 0.25) is 10.0 Å². The highest BCUT2D eigenvalue weighted by molar-refractivity contribution is 7.89. The number of hydrogen-bond donors (Lipinski definition) is 1. The molecular formula is C19H20F3N3O3S. The number of carbonyl (C=O) groups excluding carboxylic acids is 1. The maximum Gasteiger partial charge on any atom is 0.405 e. The highest BCUT2D eigenvalue weighted by Crippen LogP contribution is 2.21. The smallest absolute Gasteiger partial charge is 0.369 e. The van der Waals surface area contributed by atoms with E-state index in [9.17, 15) is 26.4 Å². The standard InChI is InChI=1S/C19H20F3N3O3S/c20-19(21,22)14-23-18(26)15-6-8-17(9-7-15)29(27,28)25-12-10-24(11-13-25)16-4-2-1-3-5-16/h1-9H,10-14H2,(H,23,26). The molecule has 0 spiro atoms. The van der Waals surface area contributed by atoms with E-state index in [4.69, 9.17) is 0 Å². The van der Waals surface area contributed by atoms with E-state index in [1.54, 1.807) is 5.32 Å². The molecule has 1 aliphatic heterocycles. The van der Waals surface area contributed by atoms with Gasteiger partial charge in [-0.15, -0.1) is 0 Å². The van der Waals surface area contributed by atoms with E-state index in [-0.39, 0.29) is 10.5 Å². The van der Waals surface area contributed by atoms with E-state index in [2.05, 4.69) is 4.90 Å². The summed E-state index contributed by atoms with van der Waals surface area (Å²) in [4.78, 5) is 13.8. The van der Waals surface area contributed by atoms with Gasteiger partial charge >= 0.3 is 6.18 Å². The van der Waals surface area contributed by atoms with Crippen LogP contribution in [0.2, 0.25) is 0 Å². The van der Waals surface area contributed by atoms with E-state index in [1.807, 2.05) is 30.3 Å². The zero-order valence-corrected chi connectivity index (χ0v) is 16.2. The van der Waals surface area contributed by atoms with Gasteiger partial charge in [0.05, 0.1) is 4.90 Å². The number of para-hydroxylation sites is 1. The first-order valence-corrected chi connectivity index (χ1v) is 10.4. The topological polar surface area (TPSA) is 69.7 Å². The van der Waals surface area contributed by atoms with Gasteiger partial charge in [0.15, 0.2) is 0 Å². The number of hydrogen-bond acceptors (Lipinski definition) is 4. The molecule has 0 bridgehead atoms. The second kappa shape index (κ2) is 8.42. The Labute approximate surface area is 167 Å². The van der Waals surface area contributed by atoms with Crippen molar-refractivity contribution in [3.63, 3.8) is 0 Å². The minimum absolute atomic E-state index is 0.00182. The quantitative estimate of drug-likeness (QED) is 0.796. The molecule has 10 heteroatoms.